The molecule has 1 aromatic heterocycles. The van der Waals surface area contributed by atoms with Gasteiger partial charge in [0.2, 0.25) is 0 Å². The number of fused-ring (bicyclic) bond motifs is 1. The Labute approximate surface area is 124 Å². The highest BCUT2D eigenvalue weighted by atomic mass is 35.5. The standard InChI is InChI=1S/C15H10Cl2FNO/c16-9-4-5-11(17)10(7-9)14(19)13-6-8-2-1-3-12(18)15(8)20-13/h1-7,14H,19H2. The SMILES string of the molecule is NC(c1cc2cccc(F)c2o1)c1cc(Cl)ccc1Cl. The summed E-state index contributed by atoms with van der Waals surface area (Å²) in [6.45, 7) is 0. The molecule has 1 heterocycles. The van der Waals surface area contributed by atoms with Crippen molar-refractivity contribution in [3.63, 3.8) is 0 Å². The number of nitrogens with two attached hydrogens (primary N) is 1. The molecule has 0 saturated carbocycles. The third-order valence-corrected chi connectivity index (χ3v) is 3.69. The molecular formula is C15H10Cl2FNO. The number of halogens is 3. The van der Waals surface area contributed by atoms with Crippen molar-refractivity contribution in [2.45, 2.75) is 6.04 Å². The second kappa shape index (κ2) is 5.09. The summed E-state index contributed by atoms with van der Waals surface area (Å²) in [6.07, 6.45) is 0. The molecule has 3 rings (SSSR count). The Kier molecular flexibility index (Phi) is 3.42. The molecule has 1 atom stereocenters. The van der Waals surface area contributed by atoms with Crippen molar-refractivity contribution in [2.75, 3.05) is 0 Å². The van der Waals surface area contributed by atoms with E-state index in [0.717, 1.165) is 0 Å². The maximum absolute atomic E-state index is 13.6. The summed E-state index contributed by atoms with van der Waals surface area (Å²) < 4.78 is 19.1. The Morgan fingerprint density at radius 3 is 2.65 bits per heavy atom. The lowest BCUT2D eigenvalue weighted by Crippen LogP contribution is -2.11. The topological polar surface area (TPSA) is 39.2 Å². The zero-order valence-electron chi connectivity index (χ0n) is 10.2. The van der Waals surface area contributed by atoms with Gasteiger partial charge in [0.25, 0.3) is 0 Å². The molecule has 2 nitrogen and oxygen atoms in total. The van der Waals surface area contributed by atoms with E-state index in [9.17, 15) is 4.39 Å². The van der Waals surface area contributed by atoms with E-state index in [0.29, 0.717) is 26.8 Å². The van der Waals surface area contributed by atoms with E-state index in [2.05, 4.69) is 0 Å². The molecule has 5 heteroatoms. The van der Waals surface area contributed by atoms with E-state index in [4.69, 9.17) is 33.4 Å². The van der Waals surface area contributed by atoms with Gasteiger partial charge in [0.05, 0.1) is 6.04 Å². The molecule has 1 unspecified atom stereocenters. The first-order chi connectivity index (χ1) is 9.56. The van der Waals surface area contributed by atoms with Crippen LogP contribution in [0.15, 0.2) is 46.9 Å². The molecular weight excluding hydrogens is 300 g/mol. The average molecular weight is 310 g/mol. The number of hydrogen-bond donors (Lipinski definition) is 1. The second-order valence-electron chi connectivity index (χ2n) is 4.45. The monoisotopic (exact) mass is 309 g/mol. The maximum atomic E-state index is 13.6. The minimum Gasteiger partial charge on any atom is -0.456 e. The van der Waals surface area contributed by atoms with Crippen molar-refractivity contribution in [2.24, 2.45) is 5.73 Å². The van der Waals surface area contributed by atoms with Crippen LogP contribution in [0.1, 0.15) is 17.4 Å². The van der Waals surface area contributed by atoms with Crippen LogP contribution < -0.4 is 5.73 Å². The smallest absolute Gasteiger partial charge is 0.169 e. The first-order valence-electron chi connectivity index (χ1n) is 5.95. The largest absolute Gasteiger partial charge is 0.456 e. The van der Waals surface area contributed by atoms with E-state index < -0.39 is 11.9 Å². The van der Waals surface area contributed by atoms with Crippen molar-refractivity contribution < 1.29 is 8.81 Å². The van der Waals surface area contributed by atoms with Crippen LogP contribution in [0.4, 0.5) is 4.39 Å². The first kappa shape index (κ1) is 13.4. The Morgan fingerprint density at radius 1 is 1.10 bits per heavy atom. The van der Waals surface area contributed by atoms with Gasteiger partial charge in [-0.3, -0.25) is 0 Å². The fourth-order valence-electron chi connectivity index (χ4n) is 2.11. The van der Waals surface area contributed by atoms with Crippen LogP contribution in [-0.2, 0) is 0 Å². The van der Waals surface area contributed by atoms with Crippen molar-refractivity contribution in [3.8, 4) is 0 Å². The molecule has 0 fully saturated rings. The van der Waals surface area contributed by atoms with Crippen molar-refractivity contribution in [1.82, 2.24) is 0 Å². The fourth-order valence-corrected chi connectivity index (χ4v) is 2.52. The molecule has 102 valence electrons. The van der Waals surface area contributed by atoms with Crippen molar-refractivity contribution >= 4 is 34.2 Å². The van der Waals surface area contributed by atoms with Gasteiger partial charge in [-0.05, 0) is 35.9 Å². The summed E-state index contributed by atoms with van der Waals surface area (Å²) in [7, 11) is 0. The summed E-state index contributed by atoms with van der Waals surface area (Å²) in [5.74, 6) is 0.0207. The minimum atomic E-state index is -0.604. The van der Waals surface area contributed by atoms with Crippen LogP contribution in [-0.4, -0.2) is 0 Å². The number of para-hydroxylation sites is 1. The van der Waals surface area contributed by atoms with Gasteiger partial charge >= 0.3 is 0 Å². The minimum absolute atomic E-state index is 0.191. The Morgan fingerprint density at radius 2 is 1.90 bits per heavy atom. The van der Waals surface area contributed by atoms with Crippen molar-refractivity contribution in [1.29, 1.82) is 0 Å². The highest BCUT2D eigenvalue weighted by molar-refractivity contribution is 6.33. The van der Waals surface area contributed by atoms with E-state index >= 15 is 0 Å². The Balaban J connectivity index is 2.10. The van der Waals surface area contributed by atoms with Crippen LogP contribution in [0.2, 0.25) is 10.0 Å². The molecule has 0 aliphatic rings. The van der Waals surface area contributed by atoms with E-state index in [-0.39, 0.29) is 5.58 Å². The fraction of sp³-hybridized carbons (Fsp3) is 0.0667. The molecule has 0 aliphatic carbocycles. The van der Waals surface area contributed by atoms with E-state index in [1.807, 2.05) is 0 Å². The van der Waals surface area contributed by atoms with Gasteiger partial charge in [0.15, 0.2) is 11.4 Å². The molecule has 0 amide bonds. The third-order valence-electron chi connectivity index (χ3n) is 3.11. The van der Waals surface area contributed by atoms with Gasteiger partial charge in [0.1, 0.15) is 5.76 Å². The number of benzene rings is 2. The lowest BCUT2D eigenvalue weighted by molar-refractivity contribution is 0.502. The highest BCUT2D eigenvalue weighted by Crippen LogP contribution is 2.32. The number of rotatable bonds is 2. The highest BCUT2D eigenvalue weighted by Gasteiger charge is 2.18. The molecule has 2 aromatic carbocycles. The molecule has 20 heavy (non-hydrogen) atoms. The Hall–Kier alpha value is -1.55. The van der Waals surface area contributed by atoms with Crippen LogP contribution >= 0.6 is 23.2 Å². The maximum Gasteiger partial charge on any atom is 0.169 e. The van der Waals surface area contributed by atoms with Gasteiger partial charge in [-0.1, -0.05) is 35.3 Å². The Bertz CT molecular complexity index is 785. The van der Waals surface area contributed by atoms with Gasteiger partial charge in [0, 0.05) is 15.4 Å². The molecule has 0 spiro atoms. The van der Waals surface area contributed by atoms with Gasteiger partial charge in [-0.15, -0.1) is 0 Å². The molecule has 0 saturated heterocycles. The predicted molar refractivity (Wildman–Crippen MR) is 78.7 cm³/mol. The first-order valence-corrected chi connectivity index (χ1v) is 6.70. The summed E-state index contributed by atoms with van der Waals surface area (Å²) in [5.41, 5.74) is 6.97. The van der Waals surface area contributed by atoms with E-state index in [1.54, 1.807) is 36.4 Å². The zero-order valence-corrected chi connectivity index (χ0v) is 11.8. The quantitative estimate of drug-likeness (QED) is 0.729. The predicted octanol–water partition coefficient (Wildman–Crippen LogP) is 4.93. The summed E-state index contributed by atoms with van der Waals surface area (Å²) in [6, 6.07) is 10.9. The molecule has 0 aliphatic heterocycles. The average Bonchev–Trinajstić information content (AvgIpc) is 2.86. The summed E-state index contributed by atoms with van der Waals surface area (Å²) in [5, 5.41) is 1.68. The lowest BCUT2D eigenvalue weighted by Gasteiger charge is -2.11. The van der Waals surface area contributed by atoms with Crippen LogP contribution in [0.3, 0.4) is 0 Å². The van der Waals surface area contributed by atoms with Crippen molar-refractivity contribution in [3.05, 3.63) is 69.7 Å². The third kappa shape index (κ3) is 2.29. The van der Waals surface area contributed by atoms with Crippen LogP contribution in [0.5, 0.6) is 0 Å². The van der Waals surface area contributed by atoms with Crippen LogP contribution in [0, 0.1) is 5.82 Å². The van der Waals surface area contributed by atoms with Crippen LogP contribution in [0.25, 0.3) is 11.0 Å². The molecule has 3 aromatic rings. The molecule has 2 N–H and O–H groups in total. The summed E-state index contributed by atoms with van der Waals surface area (Å²) >= 11 is 12.1. The molecule has 0 bridgehead atoms. The molecule has 0 radical (unpaired) electrons. The normalized spacial score (nSPS) is 12.8. The van der Waals surface area contributed by atoms with Gasteiger partial charge in [-0.2, -0.15) is 0 Å². The van der Waals surface area contributed by atoms with Gasteiger partial charge in [-0.25, -0.2) is 4.39 Å². The number of furan rings is 1. The second-order valence-corrected chi connectivity index (χ2v) is 5.29. The lowest BCUT2D eigenvalue weighted by atomic mass is 10.1. The summed E-state index contributed by atoms with van der Waals surface area (Å²) in [4.78, 5) is 0. The van der Waals surface area contributed by atoms with Gasteiger partial charge < -0.3 is 10.2 Å². The zero-order chi connectivity index (χ0) is 14.3. The number of hydrogen-bond acceptors (Lipinski definition) is 2. The van der Waals surface area contributed by atoms with E-state index in [1.165, 1.54) is 6.07 Å².